The van der Waals surface area contributed by atoms with Crippen LogP contribution in [-0.4, -0.2) is 11.5 Å². The van der Waals surface area contributed by atoms with E-state index in [1.807, 2.05) is 30.3 Å². The zero-order chi connectivity index (χ0) is 13.7. The van der Waals surface area contributed by atoms with Crippen molar-refractivity contribution < 1.29 is 0 Å². The van der Waals surface area contributed by atoms with Crippen LogP contribution >= 0.6 is 27.5 Å². The van der Waals surface area contributed by atoms with E-state index in [1.54, 1.807) is 6.20 Å². The zero-order valence-electron chi connectivity index (χ0n) is 10.6. The SMILES string of the molecule is CCCNc1cc(Nc2ccc(Cl)cc2Br)ccn1. The first-order valence-corrected chi connectivity index (χ1v) is 7.28. The van der Waals surface area contributed by atoms with Crippen molar-refractivity contribution in [3.8, 4) is 0 Å². The lowest BCUT2D eigenvalue weighted by Gasteiger charge is -2.10. The van der Waals surface area contributed by atoms with E-state index >= 15 is 0 Å². The maximum atomic E-state index is 5.92. The van der Waals surface area contributed by atoms with Gasteiger partial charge in [-0.2, -0.15) is 0 Å². The van der Waals surface area contributed by atoms with Crippen LogP contribution in [-0.2, 0) is 0 Å². The lowest BCUT2D eigenvalue weighted by molar-refractivity contribution is 0.969. The van der Waals surface area contributed by atoms with E-state index in [1.165, 1.54) is 0 Å². The fraction of sp³-hybridized carbons (Fsp3) is 0.214. The molecule has 0 spiro atoms. The van der Waals surface area contributed by atoms with Crippen molar-refractivity contribution in [2.24, 2.45) is 0 Å². The van der Waals surface area contributed by atoms with E-state index in [0.717, 1.165) is 34.6 Å². The Kier molecular flexibility index (Phi) is 5.05. The number of nitrogens with zero attached hydrogens (tertiary/aromatic N) is 1. The van der Waals surface area contributed by atoms with Gasteiger partial charge in [-0.3, -0.25) is 0 Å². The van der Waals surface area contributed by atoms with Crippen LogP contribution in [0.1, 0.15) is 13.3 Å². The van der Waals surface area contributed by atoms with Crippen LogP contribution in [0.2, 0.25) is 5.02 Å². The second kappa shape index (κ2) is 6.78. The monoisotopic (exact) mass is 339 g/mol. The molecule has 3 nitrogen and oxygen atoms in total. The summed E-state index contributed by atoms with van der Waals surface area (Å²) in [5.41, 5.74) is 1.95. The molecule has 1 aromatic carbocycles. The van der Waals surface area contributed by atoms with Crippen LogP contribution in [0.25, 0.3) is 0 Å². The smallest absolute Gasteiger partial charge is 0.127 e. The van der Waals surface area contributed by atoms with Crippen molar-refractivity contribution in [1.82, 2.24) is 4.98 Å². The standard InChI is InChI=1S/C14H15BrClN3/c1-2-6-17-14-9-11(5-7-18-14)19-13-4-3-10(16)8-12(13)15/h3-5,7-9H,2,6H2,1H3,(H2,17,18,19). The molecule has 0 aliphatic carbocycles. The number of benzene rings is 1. The van der Waals surface area contributed by atoms with Crippen LogP contribution in [0, 0.1) is 0 Å². The number of aromatic nitrogens is 1. The van der Waals surface area contributed by atoms with Crippen LogP contribution in [0.15, 0.2) is 41.0 Å². The number of rotatable bonds is 5. The Morgan fingerprint density at radius 1 is 1.26 bits per heavy atom. The summed E-state index contributed by atoms with van der Waals surface area (Å²) in [6.07, 6.45) is 2.85. The van der Waals surface area contributed by atoms with Crippen molar-refractivity contribution in [1.29, 1.82) is 0 Å². The number of hydrogen-bond acceptors (Lipinski definition) is 3. The predicted molar refractivity (Wildman–Crippen MR) is 85.5 cm³/mol. The molecule has 0 saturated heterocycles. The summed E-state index contributed by atoms with van der Waals surface area (Å²) in [4.78, 5) is 4.27. The molecular weight excluding hydrogens is 326 g/mol. The van der Waals surface area contributed by atoms with Gasteiger partial charge >= 0.3 is 0 Å². The number of pyridine rings is 1. The third-order valence-electron chi connectivity index (χ3n) is 2.53. The van der Waals surface area contributed by atoms with E-state index in [2.05, 4.69) is 38.5 Å². The van der Waals surface area contributed by atoms with Gasteiger partial charge in [-0.05, 0) is 46.6 Å². The lowest BCUT2D eigenvalue weighted by Crippen LogP contribution is -2.02. The molecule has 2 rings (SSSR count). The minimum absolute atomic E-state index is 0.706. The Labute approximate surface area is 126 Å². The highest BCUT2D eigenvalue weighted by molar-refractivity contribution is 9.10. The predicted octanol–water partition coefficient (Wildman–Crippen LogP) is 5.06. The average Bonchev–Trinajstić information content (AvgIpc) is 2.40. The Bertz CT molecular complexity index is 560. The van der Waals surface area contributed by atoms with Crippen LogP contribution in [0.3, 0.4) is 0 Å². The molecule has 0 unspecified atom stereocenters. The van der Waals surface area contributed by atoms with Crippen molar-refractivity contribution in [2.45, 2.75) is 13.3 Å². The fourth-order valence-electron chi connectivity index (χ4n) is 1.60. The molecule has 0 saturated carbocycles. The largest absolute Gasteiger partial charge is 0.370 e. The van der Waals surface area contributed by atoms with Crippen LogP contribution < -0.4 is 10.6 Å². The quantitative estimate of drug-likeness (QED) is 0.798. The zero-order valence-corrected chi connectivity index (χ0v) is 12.9. The molecule has 0 bridgehead atoms. The topological polar surface area (TPSA) is 37.0 Å². The summed E-state index contributed by atoms with van der Waals surface area (Å²) in [5.74, 6) is 0.872. The molecule has 0 aliphatic rings. The Morgan fingerprint density at radius 2 is 2.11 bits per heavy atom. The van der Waals surface area contributed by atoms with Crippen molar-refractivity contribution in [2.75, 3.05) is 17.2 Å². The van der Waals surface area contributed by atoms with E-state index in [9.17, 15) is 0 Å². The van der Waals surface area contributed by atoms with Crippen molar-refractivity contribution in [3.05, 3.63) is 46.0 Å². The van der Waals surface area contributed by atoms with Crippen molar-refractivity contribution in [3.63, 3.8) is 0 Å². The van der Waals surface area contributed by atoms with Gasteiger partial charge in [0.25, 0.3) is 0 Å². The summed E-state index contributed by atoms with van der Waals surface area (Å²) in [7, 11) is 0. The highest BCUT2D eigenvalue weighted by Gasteiger charge is 2.02. The minimum Gasteiger partial charge on any atom is -0.370 e. The third kappa shape index (κ3) is 4.11. The fourth-order valence-corrected chi connectivity index (χ4v) is 2.39. The number of halogens is 2. The van der Waals surface area contributed by atoms with Gasteiger partial charge in [0.15, 0.2) is 0 Å². The average molecular weight is 341 g/mol. The van der Waals surface area contributed by atoms with Crippen LogP contribution in [0.4, 0.5) is 17.2 Å². The summed E-state index contributed by atoms with van der Waals surface area (Å²) in [6, 6.07) is 9.56. The Hall–Kier alpha value is -1.26. The lowest BCUT2D eigenvalue weighted by atomic mass is 10.3. The first-order chi connectivity index (χ1) is 9.19. The highest BCUT2D eigenvalue weighted by atomic mass is 79.9. The first kappa shape index (κ1) is 14.2. The second-order valence-electron chi connectivity index (χ2n) is 4.11. The highest BCUT2D eigenvalue weighted by Crippen LogP contribution is 2.29. The van der Waals surface area contributed by atoms with Gasteiger partial charge in [0.1, 0.15) is 5.82 Å². The maximum absolute atomic E-state index is 5.92. The van der Waals surface area contributed by atoms with Crippen LogP contribution in [0.5, 0.6) is 0 Å². The van der Waals surface area contributed by atoms with Crippen molar-refractivity contribution >= 4 is 44.7 Å². The number of nitrogens with one attached hydrogen (secondary N) is 2. The molecule has 0 amide bonds. The molecule has 1 aromatic heterocycles. The molecule has 2 aromatic rings. The van der Waals surface area contributed by atoms with Gasteiger partial charge in [0.2, 0.25) is 0 Å². The van der Waals surface area contributed by atoms with Gasteiger partial charge in [-0.25, -0.2) is 4.98 Å². The second-order valence-corrected chi connectivity index (χ2v) is 5.40. The van der Waals surface area contributed by atoms with Gasteiger partial charge < -0.3 is 10.6 Å². The number of anilines is 3. The molecule has 100 valence electrons. The van der Waals surface area contributed by atoms with E-state index in [0.29, 0.717) is 5.02 Å². The van der Waals surface area contributed by atoms with Gasteiger partial charge in [0, 0.05) is 34.0 Å². The molecule has 19 heavy (non-hydrogen) atoms. The Morgan fingerprint density at radius 3 is 2.84 bits per heavy atom. The summed E-state index contributed by atoms with van der Waals surface area (Å²) in [6.45, 7) is 3.04. The van der Waals surface area contributed by atoms with Gasteiger partial charge in [-0.1, -0.05) is 18.5 Å². The summed E-state index contributed by atoms with van der Waals surface area (Å²) in [5, 5.41) is 7.30. The minimum atomic E-state index is 0.706. The molecule has 1 heterocycles. The molecule has 0 fully saturated rings. The first-order valence-electron chi connectivity index (χ1n) is 6.11. The summed E-state index contributed by atoms with van der Waals surface area (Å²) < 4.78 is 0.930. The Balaban J connectivity index is 2.14. The number of hydrogen-bond donors (Lipinski definition) is 2. The molecule has 0 radical (unpaired) electrons. The molecular formula is C14H15BrClN3. The molecule has 0 atom stereocenters. The molecule has 5 heteroatoms. The molecule has 2 N–H and O–H groups in total. The van der Waals surface area contributed by atoms with Gasteiger partial charge in [-0.15, -0.1) is 0 Å². The normalized spacial score (nSPS) is 10.3. The van der Waals surface area contributed by atoms with E-state index in [-0.39, 0.29) is 0 Å². The third-order valence-corrected chi connectivity index (χ3v) is 3.42. The summed E-state index contributed by atoms with van der Waals surface area (Å²) >= 11 is 9.41. The molecule has 0 aliphatic heterocycles. The van der Waals surface area contributed by atoms with E-state index in [4.69, 9.17) is 11.6 Å². The van der Waals surface area contributed by atoms with E-state index < -0.39 is 0 Å². The maximum Gasteiger partial charge on any atom is 0.127 e. The van der Waals surface area contributed by atoms with Gasteiger partial charge in [0.05, 0.1) is 5.69 Å².